The second-order valence-corrected chi connectivity index (χ2v) is 3.42. The lowest BCUT2D eigenvalue weighted by molar-refractivity contribution is -0.141. The summed E-state index contributed by atoms with van der Waals surface area (Å²) in [6.07, 6.45) is -4.35. The molecular weight excluding hydrogens is 191 g/mol. The number of nitrogens with zero attached hydrogens (tertiary/aromatic N) is 1. The van der Waals surface area contributed by atoms with Gasteiger partial charge in [-0.1, -0.05) is 0 Å². The van der Waals surface area contributed by atoms with Crippen LogP contribution in [0.15, 0.2) is 0 Å². The van der Waals surface area contributed by atoms with Gasteiger partial charge in [0, 0.05) is 5.69 Å². The van der Waals surface area contributed by atoms with E-state index in [0.29, 0.717) is 11.3 Å². The summed E-state index contributed by atoms with van der Waals surface area (Å²) in [5.74, 6) is 0. The molecule has 1 nitrogen and oxygen atoms in total. The van der Waals surface area contributed by atoms with Gasteiger partial charge in [0.05, 0.1) is 0 Å². The van der Waals surface area contributed by atoms with Gasteiger partial charge in [-0.15, -0.1) is 0 Å². The Balaban J connectivity index is 3.49. The SMILES string of the molecule is Cc1nc(C(F)(F)F)c(C)c(C)c1C. The van der Waals surface area contributed by atoms with E-state index < -0.39 is 11.9 Å². The molecule has 0 radical (unpaired) electrons. The van der Waals surface area contributed by atoms with Crippen molar-refractivity contribution >= 4 is 0 Å². The Morgan fingerprint density at radius 1 is 0.857 bits per heavy atom. The maximum Gasteiger partial charge on any atom is 0.433 e. The van der Waals surface area contributed by atoms with Gasteiger partial charge >= 0.3 is 6.18 Å². The minimum atomic E-state index is -4.35. The van der Waals surface area contributed by atoms with Crippen molar-refractivity contribution in [3.05, 3.63) is 28.1 Å². The summed E-state index contributed by atoms with van der Waals surface area (Å²) < 4.78 is 37.4. The van der Waals surface area contributed by atoms with Crippen molar-refractivity contribution in [2.24, 2.45) is 0 Å². The molecule has 0 saturated carbocycles. The second kappa shape index (κ2) is 3.26. The number of rotatable bonds is 0. The van der Waals surface area contributed by atoms with E-state index in [-0.39, 0.29) is 5.56 Å². The van der Waals surface area contributed by atoms with Gasteiger partial charge in [-0.3, -0.25) is 0 Å². The molecule has 0 aromatic carbocycles. The normalized spacial score (nSPS) is 11.9. The van der Waals surface area contributed by atoms with Gasteiger partial charge in [-0.05, 0) is 44.4 Å². The van der Waals surface area contributed by atoms with E-state index in [1.54, 1.807) is 20.8 Å². The van der Waals surface area contributed by atoms with E-state index in [1.807, 2.05) is 0 Å². The largest absolute Gasteiger partial charge is 0.433 e. The predicted molar refractivity (Wildman–Crippen MR) is 48.2 cm³/mol. The van der Waals surface area contributed by atoms with Crippen molar-refractivity contribution < 1.29 is 13.2 Å². The molecule has 0 amide bonds. The molecule has 0 N–H and O–H groups in total. The molecule has 0 aliphatic heterocycles. The van der Waals surface area contributed by atoms with Crippen molar-refractivity contribution in [1.29, 1.82) is 0 Å². The predicted octanol–water partition coefficient (Wildman–Crippen LogP) is 3.33. The molecule has 0 saturated heterocycles. The Morgan fingerprint density at radius 2 is 1.36 bits per heavy atom. The van der Waals surface area contributed by atoms with Crippen LogP contribution in [0.1, 0.15) is 28.1 Å². The minimum Gasteiger partial charge on any atom is -0.248 e. The van der Waals surface area contributed by atoms with Crippen molar-refractivity contribution in [2.45, 2.75) is 33.9 Å². The Bertz CT molecular complexity index is 367. The van der Waals surface area contributed by atoms with Crippen LogP contribution in [-0.4, -0.2) is 4.98 Å². The van der Waals surface area contributed by atoms with Crippen molar-refractivity contribution in [1.82, 2.24) is 4.98 Å². The quantitative estimate of drug-likeness (QED) is 0.630. The fourth-order valence-corrected chi connectivity index (χ4v) is 1.34. The first-order valence-corrected chi connectivity index (χ1v) is 4.26. The molecule has 0 fully saturated rings. The lowest BCUT2D eigenvalue weighted by atomic mass is 10.0. The molecule has 0 unspecified atom stereocenters. The van der Waals surface area contributed by atoms with Gasteiger partial charge in [0.1, 0.15) is 5.69 Å². The Morgan fingerprint density at radius 3 is 1.79 bits per heavy atom. The van der Waals surface area contributed by atoms with Crippen LogP contribution < -0.4 is 0 Å². The van der Waals surface area contributed by atoms with Crippen LogP contribution in [0.25, 0.3) is 0 Å². The average molecular weight is 203 g/mol. The highest BCUT2D eigenvalue weighted by Crippen LogP contribution is 2.32. The van der Waals surface area contributed by atoms with Gasteiger partial charge < -0.3 is 0 Å². The zero-order valence-electron chi connectivity index (χ0n) is 8.58. The summed E-state index contributed by atoms with van der Waals surface area (Å²) in [5, 5.41) is 0. The monoisotopic (exact) mass is 203 g/mol. The molecule has 1 aromatic heterocycles. The number of hydrogen-bond acceptors (Lipinski definition) is 1. The van der Waals surface area contributed by atoms with Gasteiger partial charge in [-0.2, -0.15) is 13.2 Å². The third-order valence-electron chi connectivity index (χ3n) is 2.57. The maximum absolute atomic E-state index is 12.5. The van der Waals surface area contributed by atoms with Gasteiger partial charge in [0.2, 0.25) is 0 Å². The number of aromatic nitrogens is 1. The van der Waals surface area contributed by atoms with Crippen LogP contribution in [0.4, 0.5) is 13.2 Å². The standard InChI is InChI=1S/C10H12F3N/c1-5-6(2)8(4)14-9(7(5)3)10(11,12)13/h1-4H3. The van der Waals surface area contributed by atoms with E-state index >= 15 is 0 Å². The van der Waals surface area contributed by atoms with Gasteiger partial charge in [-0.25, -0.2) is 4.98 Å². The fourth-order valence-electron chi connectivity index (χ4n) is 1.34. The smallest absolute Gasteiger partial charge is 0.248 e. The van der Waals surface area contributed by atoms with Gasteiger partial charge in [0.25, 0.3) is 0 Å². The molecule has 78 valence electrons. The lowest BCUT2D eigenvalue weighted by Crippen LogP contribution is -2.13. The molecule has 4 heteroatoms. The van der Waals surface area contributed by atoms with Gasteiger partial charge in [0.15, 0.2) is 0 Å². The van der Waals surface area contributed by atoms with E-state index in [1.165, 1.54) is 6.92 Å². The van der Waals surface area contributed by atoms with E-state index in [4.69, 9.17) is 0 Å². The highest BCUT2D eigenvalue weighted by molar-refractivity contribution is 5.38. The minimum absolute atomic E-state index is 0.223. The summed E-state index contributed by atoms with van der Waals surface area (Å²) in [5.41, 5.74) is 1.40. The molecule has 0 aliphatic rings. The van der Waals surface area contributed by atoms with E-state index in [2.05, 4.69) is 4.98 Å². The van der Waals surface area contributed by atoms with Crippen molar-refractivity contribution in [2.75, 3.05) is 0 Å². The zero-order valence-corrected chi connectivity index (χ0v) is 8.58. The Labute approximate surface area is 81.0 Å². The van der Waals surface area contributed by atoms with E-state index in [0.717, 1.165) is 5.56 Å². The topological polar surface area (TPSA) is 12.9 Å². The Hall–Kier alpha value is -1.06. The van der Waals surface area contributed by atoms with Crippen molar-refractivity contribution in [3.8, 4) is 0 Å². The summed E-state index contributed by atoms with van der Waals surface area (Å²) in [4.78, 5) is 3.58. The molecule has 0 aliphatic carbocycles. The molecular formula is C10H12F3N. The third-order valence-corrected chi connectivity index (χ3v) is 2.57. The lowest BCUT2D eigenvalue weighted by Gasteiger charge is -2.14. The highest BCUT2D eigenvalue weighted by Gasteiger charge is 2.35. The Kier molecular flexibility index (Phi) is 2.56. The number of pyridine rings is 1. The van der Waals surface area contributed by atoms with Crippen LogP contribution in [0.5, 0.6) is 0 Å². The number of aryl methyl sites for hydroxylation is 1. The van der Waals surface area contributed by atoms with Crippen LogP contribution in [0.2, 0.25) is 0 Å². The van der Waals surface area contributed by atoms with Crippen LogP contribution in [-0.2, 0) is 6.18 Å². The van der Waals surface area contributed by atoms with Crippen LogP contribution in [0.3, 0.4) is 0 Å². The summed E-state index contributed by atoms with van der Waals surface area (Å²) in [7, 11) is 0. The molecule has 14 heavy (non-hydrogen) atoms. The van der Waals surface area contributed by atoms with Crippen LogP contribution >= 0.6 is 0 Å². The first kappa shape index (κ1) is 11.0. The van der Waals surface area contributed by atoms with E-state index in [9.17, 15) is 13.2 Å². The second-order valence-electron chi connectivity index (χ2n) is 3.42. The fraction of sp³-hybridized carbons (Fsp3) is 0.500. The summed E-state index contributed by atoms with van der Waals surface area (Å²) >= 11 is 0. The third kappa shape index (κ3) is 1.74. The number of hydrogen-bond donors (Lipinski definition) is 0. The first-order chi connectivity index (χ1) is 6.25. The molecule has 1 heterocycles. The van der Waals surface area contributed by atoms with Crippen LogP contribution in [0, 0.1) is 27.7 Å². The maximum atomic E-state index is 12.5. The molecule has 0 bridgehead atoms. The number of alkyl halides is 3. The molecule has 1 rings (SSSR count). The van der Waals surface area contributed by atoms with Crippen molar-refractivity contribution in [3.63, 3.8) is 0 Å². The zero-order chi connectivity index (χ0) is 11.1. The molecule has 1 aromatic rings. The first-order valence-electron chi connectivity index (χ1n) is 4.26. The molecule has 0 spiro atoms. The highest BCUT2D eigenvalue weighted by atomic mass is 19.4. The number of halogens is 3. The summed E-state index contributed by atoms with van der Waals surface area (Å²) in [6.45, 7) is 6.52. The average Bonchev–Trinajstić information content (AvgIpc) is 2.06. The molecule has 0 atom stereocenters. The summed E-state index contributed by atoms with van der Waals surface area (Å²) in [6, 6.07) is 0.